The molecule has 2 unspecified atom stereocenters. The van der Waals surface area contributed by atoms with Crippen LogP contribution in [0.5, 0.6) is 0 Å². The number of sulfone groups is 1. The maximum absolute atomic E-state index is 11.4. The van der Waals surface area contributed by atoms with E-state index in [2.05, 4.69) is 10.1 Å². The molecule has 0 aromatic carbocycles. The molecule has 1 aliphatic heterocycles. The lowest BCUT2D eigenvalue weighted by Gasteiger charge is -2.05. The number of hydrogen-bond donors (Lipinski definition) is 1. The molecule has 1 saturated heterocycles. The van der Waals surface area contributed by atoms with Gasteiger partial charge in [0.15, 0.2) is 15.7 Å². The first kappa shape index (κ1) is 13.4. The van der Waals surface area contributed by atoms with Crippen LogP contribution in [-0.2, 0) is 21.0 Å². The summed E-state index contributed by atoms with van der Waals surface area (Å²) in [7, 11) is -1.36. The first-order valence-corrected chi connectivity index (χ1v) is 7.60. The summed E-state index contributed by atoms with van der Waals surface area (Å²) in [5, 5.41) is 3.83. The molecule has 0 aliphatic carbocycles. The van der Waals surface area contributed by atoms with Crippen LogP contribution in [0, 0.1) is 0 Å². The lowest BCUT2D eigenvalue weighted by molar-refractivity contribution is 0.176. The van der Waals surface area contributed by atoms with Crippen LogP contribution in [0.3, 0.4) is 0 Å². The van der Waals surface area contributed by atoms with E-state index < -0.39 is 9.84 Å². The summed E-state index contributed by atoms with van der Waals surface area (Å²) in [5.41, 5.74) is 5.77. The first-order chi connectivity index (χ1) is 8.50. The van der Waals surface area contributed by atoms with Gasteiger partial charge in [0.05, 0.1) is 18.1 Å². The van der Waals surface area contributed by atoms with Gasteiger partial charge in [-0.1, -0.05) is 5.16 Å². The molecule has 2 atom stereocenters. The second-order valence-corrected chi connectivity index (χ2v) is 6.79. The van der Waals surface area contributed by atoms with E-state index in [4.69, 9.17) is 15.0 Å². The minimum atomic E-state index is -2.93. The zero-order chi connectivity index (χ0) is 13.2. The molecule has 102 valence electrons. The summed E-state index contributed by atoms with van der Waals surface area (Å²) in [4.78, 5) is 4.20. The molecule has 2 heterocycles. The summed E-state index contributed by atoms with van der Waals surface area (Å²) < 4.78 is 32.7. The molecule has 8 heteroatoms. The van der Waals surface area contributed by atoms with E-state index in [1.54, 1.807) is 7.11 Å². The highest BCUT2D eigenvalue weighted by Gasteiger charge is 2.32. The molecule has 0 saturated carbocycles. The fourth-order valence-corrected chi connectivity index (χ4v) is 3.75. The fraction of sp³-hybridized carbons (Fsp3) is 0.800. The van der Waals surface area contributed by atoms with Crippen LogP contribution in [0.2, 0.25) is 0 Å². The van der Waals surface area contributed by atoms with Gasteiger partial charge in [-0.15, -0.1) is 0 Å². The predicted molar refractivity (Wildman–Crippen MR) is 63.9 cm³/mol. The van der Waals surface area contributed by atoms with Gasteiger partial charge in [0.25, 0.3) is 0 Å². The SMILES string of the molecule is COCC(N)Cc1nc(C2CCS(=O)(=O)C2)no1. The van der Waals surface area contributed by atoms with Gasteiger partial charge < -0.3 is 15.0 Å². The molecule has 1 aromatic heterocycles. The second-order valence-electron chi connectivity index (χ2n) is 4.57. The van der Waals surface area contributed by atoms with E-state index in [1.807, 2.05) is 0 Å². The number of aromatic nitrogens is 2. The third-order valence-corrected chi connectivity index (χ3v) is 4.67. The normalized spacial score (nSPS) is 24.2. The molecule has 2 N–H and O–H groups in total. The van der Waals surface area contributed by atoms with Crippen molar-refractivity contribution in [3.05, 3.63) is 11.7 Å². The van der Waals surface area contributed by atoms with Crippen molar-refractivity contribution in [2.75, 3.05) is 25.2 Å². The van der Waals surface area contributed by atoms with Crippen molar-refractivity contribution in [3.8, 4) is 0 Å². The summed E-state index contributed by atoms with van der Waals surface area (Å²) in [6.45, 7) is 0.412. The van der Waals surface area contributed by atoms with Crippen molar-refractivity contribution in [2.24, 2.45) is 5.73 Å². The van der Waals surface area contributed by atoms with E-state index in [1.165, 1.54) is 0 Å². The Morgan fingerprint density at radius 3 is 3.00 bits per heavy atom. The predicted octanol–water partition coefficient (Wildman–Crippen LogP) is -0.512. The maximum Gasteiger partial charge on any atom is 0.228 e. The Morgan fingerprint density at radius 2 is 2.39 bits per heavy atom. The van der Waals surface area contributed by atoms with Gasteiger partial charge in [0, 0.05) is 25.5 Å². The quantitative estimate of drug-likeness (QED) is 0.770. The highest BCUT2D eigenvalue weighted by molar-refractivity contribution is 7.91. The number of methoxy groups -OCH3 is 1. The largest absolute Gasteiger partial charge is 0.383 e. The zero-order valence-electron chi connectivity index (χ0n) is 10.2. The highest BCUT2D eigenvalue weighted by atomic mass is 32.2. The van der Waals surface area contributed by atoms with E-state index in [9.17, 15) is 8.42 Å². The van der Waals surface area contributed by atoms with E-state index in [0.29, 0.717) is 31.2 Å². The fourth-order valence-electron chi connectivity index (χ4n) is 2.01. The second kappa shape index (κ2) is 5.33. The van der Waals surface area contributed by atoms with Crippen LogP contribution in [0.15, 0.2) is 4.52 Å². The molecule has 1 aromatic rings. The van der Waals surface area contributed by atoms with Crippen LogP contribution in [-0.4, -0.2) is 49.8 Å². The van der Waals surface area contributed by atoms with Crippen molar-refractivity contribution in [2.45, 2.75) is 24.8 Å². The standard InChI is InChI=1S/C10H17N3O4S/c1-16-5-8(11)4-9-12-10(13-17-9)7-2-3-18(14,15)6-7/h7-8H,2-6,11H2,1H3. The number of nitrogens with zero attached hydrogens (tertiary/aromatic N) is 2. The minimum Gasteiger partial charge on any atom is -0.383 e. The molecule has 0 spiro atoms. The van der Waals surface area contributed by atoms with Crippen molar-refractivity contribution < 1.29 is 17.7 Å². The zero-order valence-corrected chi connectivity index (χ0v) is 11.0. The molecule has 0 bridgehead atoms. The molecule has 0 amide bonds. The maximum atomic E-state index is 11.4. The van der Waals surface area contributed by atoms with Crippen molar-refractivity contribution in [3.63, 3.8) is 0 Å². The molecule has 7 nitrogen and oxygen atoms in total. The molecular formula is C10H17N3O4S. The smallest absolute Gasteiger partial charge is 0.228 e. The Hall–Kier alpha value is -0.990. The third-order valence-electron chi connectivity index (χ3n) is 2.90. The summed E-state index contributed by atoms with van der Waals surface area (Å²) >= 11 is 0. The Kier molecular flexibility index (Phi) is 3.98. The van der Waals surface area contributed by atoms with Crippen LogP contribution < -0.4 is 5.73 Å². The molecular weight excluding hydrogens is 258 g/mol. The lowest BCUT2D eigenvalue weighted by Crippen LogP contribution is -2.28. The van der Waals surface area contributed by atoms with Gasteiger partial charge in [-0.3, -0.25) is 0 Å². The molecule has 1 aliphatic rings. The Labute approximate surface area is 106 Å². The van der Waals surface area contributed by atoms with Gasteiger partial charge >= 0.3 is 0 Å². The van der Waals surface area contributed by atoms with E-state index >= 15 is 0 Å². The number of ether oxygens (including phenoxy) is 1. The highest BCUT2D eigenvalue weighted by Crippen LogP contribution is 2.26. The van der Waals surface area contributed by atoms with Crippen LogP contribution >= 0.6 is 0 Å². The summed E-state index contributed by atoms with van der Waals surface area (Å²) in [5.74, 6) is 1.06. The minimum absolute atomic E-state index is 0.107. The molecule has 0 radical (unpaired) electrons. The Bertz CT molecular complexity index is 499. The average Bonchev–Trinajstić information content (AvgIpc) is 2.85. The van der Waals surface area contributed by atoms with Gasteiger partial charge in [0.1, 0.15) is 0 Å². The average molecular weight is 275 g/mol. The van der Waals surface area contributed by atoms with Crippen molar-refractivity contribution >= 4 is 9.84 Å². The van der Waals surface area contributed by atoms with Crippen LogP contribution in [0.4, 0.5) is 0 Å². The molecule has 1 fully saturated rings. The van der Waals surface area contributed by atoms with Gasteiger partial charge in [-0.25, -0.2) is 8.42 Å². The number of hydrogen-bond acceptors (Lipinski definition) is 7. The first-order valence-electron chi connectivity index (χ1n) is 5.77. The lowest BCUT2D eigenvalue weighted by atomic mass is 10.1. The van der Waals surface area contributed by atoms with Crippen LogP contribution in [0.1, 0.15) is 24.1 Å². The topological polar surface area (TPSA) is 108 Å². The number of rotatable bonds is 5. The summed E-state index contributed by atoms with van der Waals surface area (Å²) in [6, 6.07) is -0.199. The Balaban J connectivity index is 1.98. The molecule has 2 rings (SSSR count). The monoisotopic (exact) mass is 275 g/mol. The van der Waals surface area contributed by atoms with E-state index in [0.717, 1.165) is 0 Å². The van der Waals surface area contributed by atoms with Crippen LogP contribution in [0.25, 0.3) is 0 Å². The van der Waals surface area contributed by atoms with Crippen molar-refractivity contribution in [1.82, 2.24) is 10.1 Å². The van der Waals surface area contributed by atoms with Crippen molar-refractivity contribution in [1.29, 1.82) is 0 Å². The van der Waals surface area contributed by atoms with Gasteiger partial charge in [0.2, 0.25) is 5.89 Å². The molecule has 18 heavy (non-hydrogen) atoms. The summed E-state index contributed by atoms with van der Waals surface area (Å²) in [6.07, 6.45) is 0.992. The van der Waals surface area contributed by atoms with Gasteiger partial charge in [-0.05, 0) is 6.42 Å². The van der Waals surface area contributed by atoms with E-state index in [-0.39, 0.29) is 23.5 Å². The Morgan fingerprint density at radius 1 is 1.61 bits per heavy atom. The number of nitrogens with two attached hydrogens (primary N) is 1. The third kappa shape index (κ3) is 3.27. The van der Waals surface area contributed by atoms with Gasteiger partial charge in [-0.2, -0.15) is 4.98 Å².